The minimum Gasteiger partial charge on any atom is -0.481 e. The molecule has 0 fully saturated rings. The summed E-state index contributed by atoms with van der Waals surface area (Å²) >= 11 is 0. The van der Waals surface area contributed by atoms with Gasteiger partial charge in [0.1, 0.15) is 5.75 Å². The summed E-state index contributed by atoms with van der Waals surface area (Å²) in [5, 5.41) is 2.62. The van der Waals surface area contributed by atoms with Gasteiger partial charge in [0.2, 0.25) is 0 Å². The number of nitrogens with two attached hydrogens (primary N) is 1. The number of carbonyl (C=O) groups excluding carboxylic acids is 1. The molecule has 4 nitrogen and oxygen atoms in total. The SMILES string of the molecule is CC(Oc1ccc(F)c(F)c1)C(=O)Nc1cccc(N)c1. The van der Waals surface area contributed by atoms with Crippen molar-refractivity contribution in [2.24, 2.45) is 0 Å². The second-order valence-electron chi connectivity index (χ2n) is 4.45. The van der Waals surface area contributed by atoms with E-state index in [4.69, 9.17) is 10.5 Å². The second kappa shape index (κ2) is 6.21. The van der Waals surface area contributed by atoms with Gasteiger partial charge in [-0.05, 0) is 37.3 Å². The van der Waals surface area contributed by atoms with Crippen LogP contribution in [0.15, 0.2) is 42.5 Å². The van der Waals surface area contributed by atoms with Gasteiger partial charge in [-0.25, -0.2) is 8.78 Å². The van der Waals surface area contributed by atoms with Crippen LogP contribution in [-0.4, -0.2) is 12.0 Å². The molecular formula is C15H14F2N2O2. The Bertz CT molecular complexity index is 662. The van der Waals surface area contributed by atoms with Gasteiger partial charge in [-0.15, -0.1) is 0 Å². The van der Waals surface area contributed by atoms with Crippen LogP contribution in [0.2, 0.25) is 0 Å². The molecule has 0 bridgehead atoms. The summed E-state index contributed by atoms with van der Waals surface area (Å²) in [6.45, 7) is 1.50. The first kappa shape index (κ1) is 14.8. The Labute approximate surface area is 120 Å². The minimum absolute atomic E-state index is 0.0733. The highest BCUT2D eigenvalue weighted by Crippen LogP contribution is 2.18. The van der Waals surface area contributed by atoms with Crippen LogP contribution in [-0.2, 0) is 4.79 Å². The van der Waals surface area contributed by atoms with E-state index in [9.17, 15) is 13.6 Å². The van der Waals surface area contributed by atoms with E-state index in [-0.39, 0.29) is 5.75 Å². The van der Waals surface area contributed by atoms with Gasteiger partial charge in [0.15, 0.2) is 17.7 Å². The fraction of sp³-hybridized carbons (Fsp3) is 0.133. The van der Waals surface area contributed by atoms with E-state index in [0.717, 1.165) is 12.1 Å². The number of carbonyl (C=O) groups is 1. The number of halogens is 2. The number of benzene rings is 2. The lowest BCUT2D eigenvalue weighted by Crippen LogP contribution is -2.30. The van der Waals surface area contributed by atoms with Crippen LogP contribution in [0.1, 0.15) is 6.92 Å². The summed E-state index contributed by atoms with van der Waals surface area (Å²) in [7, 11) is 0. The molecule has 0 heterocycles. The van der Waals surface area contributed by atoms with Gasteiger partial charge >= 0.3 is 0 Å². The van der Waals surface area contributed by atoms with Crippen LogP contribution >= 0.6 is 0 Å². The number of amides is 1. The molecular weight excluding hydrogens is 278 g/mol. The molecule has 2 aromatic carbocycles. The van der Waals surface area contributed by atoms with Crippen LogP contribution in [0.3, 0.4) is 0 Å². The number of anilines is 2. The second-order valence-corrected chi connectivity index (χ2v) is 4.45. The van der Waals surface area contributed by atoms with Crippen molar-refractivity contribution in [3.05, 3.63) is 54.1 Å². The Morgan fingerprint density at radius 1 is 1.19 bits per heavy atom. The van der Waals surface area contributed by atoms with Crippen LogP contribution < -0.4 is 15.8 Å². The van der Waals surface area contributed by atoms with Crippen molar-refractivity contribution < 1.29 is 18.3 Å². The Kier molecular flexibility index (Phi) is 4.37. The van der Waals surface area contributed by atoms with Crippen LogP contribution in [0.5, 0.6) is 5.75 Å². The third-order valence-electron chi connectivity index (χ3n) is 2.73. The quantitative estimate of drug-likeness (QED) is 0.852. The molecule has 0 aliphatic rings. The maximum Gasteiger partial charge on any atom is 0.265 e. The molecule has 3 N–H and O–H groups in total. The summed E-state index contributed by atoms with van der Waals surface area (Å²) in [6, 6.07) is 9.75. The predicted molar refractivity (Wildman–Crippen MR) is 75.9 cm³/mol. The van der Waals surface area contributed by atoms with E-state index in [1.165, 1.54) is 13.0 Å². The van der Waals surface area contributed by atoms with Crippen molar-refractivity contribution >= 4 is 17.3 Å². The molecule has 2 rings (SSSR count). The molecule has 0 aliphatic carbocycles. The van der Waals surface area contributed by atoms with Crippen molar-refractivity contribution in [2.45, 2.75) is 13.0 Å². The molecule has 0 spiro atoms. The van der Waals surface area contributed by atoms with Crippen molar-refractivity contribution in [1.29, 1.82) is 0 Å². The molecule has 0 radical (unpaired) electrons. The van der Waals surface area contributed by atoms with Gasteiger partial charge in [0.25, 0.3) is 5.91 Å². The molecule has 0 aromatic heterocycles. The van der Waals surface area contributed by atoms with Crippen LogP contribution in [0.25, 0.3) is 0 Å². The zero-order valence-corrected chi connectivity index (χ0v) is 11.3. The monoisotopic (exact) mass is 292 g/mol. The van der Waals surface area contributed by atoms with Gasteiger partial charge < -0.3 is 15.8 Å². The number of hydrogen-bond donors (Lipinski definition) is 2. The number of ether oxygens (including phenoxy) is 1. The lowest BCUT2D eigenvalue weighted by Gasteiger charge is -2.15. The third-order valence-corrected chi connectivity index (χ3v) is 2.73. The largest absolute Gasteiger partial charge is 0.481 e. The van der Waals surface area contributed by atoms with Gasteiger partial charge in [0.05, 0.1) is 0 Å². The highest BCUT2D eigenvalue weighted by atomic mass is 19.2. The summed E-state index contributed by atoms with van der Waals surface area (Å²) in [5.41, 5.74) is 6.65. The molecule has 0 aliphatic heterocycles. The lowest BCUT2D eigenvalue weighted by atomic mass is 10.2. The zero-order valence-electron chi connectivity index (χ0n) is 11.3. The fourth-order valence-corrected chi connectivity index (χ4v) is 1.67. The minimum atomic E-state index is -1.03. The van der Waals surface area contributed by atoms with Crippen LogP contribution in [0, 0.1) is 11.6 Å². The highest BCUT2D eigenvalue weighted by molar-refractivity contribution is 5.94. The topological polar surface area (TPSA) is 64.3 Å². The van der Waals surface area contributed by atoms with Crippen molar-refractivity contribution in [3.63, 3.8) is 0 Å². The Hall–Kier alpha value is -2.63. The summed E-state index contributed by atoms with van der Waals surface area (Å²) in [4.78, 5) is 11.9. The molecule has 2 aromatic rings. The first-order valence-corrected chi connectivity index (χ1v) is 6.24. The fourth-order valence-electron chi connectivity index (χ4n) is 1.67. The number of nitrogen functional groups attached to an aromatic ring is 1. The first-order chi connectivity index (χ1) is 9.95. The van der Waals surface area contributed by atoms with E-state index in [1.807, 2.05) is 0 Å². The van der Waals surface area contributed by atoms with Gasteiger partial charge in [-0.3, -0.25) is 4.79 Å². The van der Waals surface area contributed by atoms with E-state index >= 15 is 0 Å². The third kappa shape index (κ3) is 3.92. The van der Waals surface area contributed by atoms with Crippen LogP contribution in [0.4, 0.5) is 20.2 Å². The zero-order chi connectivity index (χ0) is 15.4. The Morgan fingerprint density at radius 2 is 1.95 bits per heavy atom. The van der Waals surface area contributed by atoms with E-state index in [0.29, 0.717) is 11.4 Å². The van der Waals surface area contributed by atoms with Gasteiger partial charge in [-0.1, -0.05) is 6.07 Å². The molecule has 1 amide bonds. The average molecular weight is 292 g/mol. The van der Waals surface area contributed by atoms with Gasteiger partial charge in [-0.2, -0.15) is 0 Å². The van der Waals surface area contributed by atoms with Crippen molar-refractivity contribution in [3.8, 4) is 5.75 Å². The average Bonchev–Trinajstić information content (AvgIpc) is 2.43. The van der Waals surface area contributed by atoms with E-state index in [1.54, 1.807) is 24.3 Å². The summed E-state index contributed by atoms with van der Waals surface area (Å²) in [5.74, 6) is -2.36. The molecule has 0 saturated carbocycles. The van der Waals surface area contributed by atoms with E-state index in [2.05, 4.69) is 5.32 Å². The van der Waals surface area contributed by atoms with Gasteiger partial charge in [0, 0.05) is 17.4 Å². The van der Waals surface area contributed by atoms with Crippen molar-refractivity contribution in [1.82, 2.24) is 0 Å². The van der Waals surface area contributed by atoms with Crippen molar-refractivity contribution in [2.75, 3.05) is 11.1 Å². The normalized spacial score (nSPS) is 11.8. The Balaban J connectivity index is 2.00. The maximum absolute atomic E-state index is 13.1. The Morgan fingerprint density at radius 3 is 2.62 bits per heavy atom. The number of hydrogen-bond acceptors (Lipinski definition) is 3. The molecule has 21 heavy (non-hydrogen) atoms. The highest BCUT2D eigenvalue weighted by Gasteiger charge is 2.16. The molecule has 6 heteroatoms. The molecule has 1 unspecified atom stereocenters. The molecule has 110 valence electrons. The smallest absolute Gasteiger partial charge is 0.265 e. The standard InChI is InChI=1S/C15H14F2N2O2/c1-9(21-12-5-6-13(16)14(17)8-12)15(20)19-11-4-2-3-10(18)7-11/h2-9H,18H2,1H3,(H,19,20). The lowest BCUT2D eigenvalue weighted by molar-refractivity contribution is -0.122. The number of nitrogens with one attached hydrogen (secondary N) is 1. The summed E-state index contributed by atoms with van der Waals surface area (Å²) in [6.07, 6.45) is -0.878. The molecule has 0 saturated heterocycles. The van der Waals surface area contributed by atoms with E-state index < -0.39 is 23.6 Å². The first-order valence-electron chi connectivity index (χ1n) is 6.24. The predicted octanol–water partition coefficient (Wildman–Crippen LogP) is 2.95. The maximum atomic E-state index is 13.1. The number of rotatable bonds is 4. The molecule has 1 atom stereocenters. The summed E-state index contributed by atoms with van der Waals surface area (Å²) < 4.78 is 31.1.